The maximum Gasteiger partial charge on any atom is 0.416 e. The van der Waals surface area contributed by atoms with Gasteiger partial charge in [0.25, 0.3) is 0 Å². The fourth-order valence-electron chi connectivity index (χ4n) is 4.27. The summed E-state index contributed by atoms with van der Waals surface area (Å²) in [7, 11) is -4.52. The van der Waals surface area contributed by atoms with Crippen LogP contribution < -0.4 is 0 Å². The minimum absolute atomic E-state index is 0. The number of sulfone groups is 1. The van der Waals surface area contributed by atoms with Gasteiger partial charge in [-0.2, -0.15) is 53.7 Å². The van der Waals surface area contributed by atoms with Crippen LogP contribution in [-0.4, -0.2) is 31.3 Å². The van der Waals surface area contributed by atoms with Gasteiger partial charge in [-0.15, -0.1) is 0 Å². The van der Waals surface area contributed by atoms with Crippen LogP contribution in [0.4, 0.5) is 22.0 Å². The average molecular weight is 567 g/mol. The van der Waals surface area contributed by atoms with E-state index in [-0.39, 0.29) is 72.8 Å². The van der Waals surface area contributed by atoms with Gasteiger partial charge in [0.1, 0.15) is 16.4 Å². The molecule has 0 amide bonds. The highest BCUT2D eigenvalue weighted by atomic mass is 32.2. The number of alkyl halides is 3. The van der Waals surface area contributed by atoms with Crippen LogP contribution in [0.25, 0.3) is 0 Å². The second-order valence-electron chi connectivity index (χ2n) is 7.73. The second-order valence-corrected chi connectivity index (χ2v) is 9.99. The lowest BCUT2D eigenvalue weighted by molar-refractivity contribution is -0.137. The summed E-state index contributed by atoms with van der Waals surface area (Å²) < 4.78 is 92.8. The Morgan fingerprint density at radius 2 is 1.59 bits per heavy atom. The van der Waals surface area contributed by atoms with E-state index in [1.165, 1.54) is 0 Å². The highest BCUT2D eigenvalue weighted by Crippen LogP contribution is 2.50. The normalized spacial score (nSPS) is 22.7. The van der Waals surface area contributed by atoms with Gasteiger partial charge in [0, 0.05) is 12.2 Å². The Morgan fingerprint density at radius 1 is 1.00 bits per heavy atom. The van der Waals surface area contributed by atoms with Gasteiger partial charge in [-0.25, -0.2) is 17.2 Å². The molecule has 34 heavy (non-hydrogen) atoms. The standard InChI is InChI=1S/C21H21F5O4S.3H2S/c22-15-3-6-18(23)17(11-15)20(9-7-19(28)13(12-20)8-10-27)31(29,30)16-4-1-14(2-5-16)21(24,25)26;;;/h1-6,11,13,19,27-28H,7-10,12H2;3*1H2/t13-,19-,20-;;;/m0.../s1. The van der Waals surface area contributed by atoms with Crippen molar-refractivity contribution < 1.29 is 40.6 Å². The number of hydrogen-bond donors (Lipinski definition) is 2. The summed E-state index contributed by atoms with van der Waals surface area (Å²) in [5.74, 6) is -2.58. The molecule has 2 N–H and O–H groups in total. The first kappa shape index (κ1) is 33.0. The molecule has 4 nitrogen and oxygen atoms in total. The summed E-state index contributed by atoms with van der Waals surface area (Å²) in [5, 5.41) is 19.6. The Labute approximate surface area is 215 Å². The first-order chi connectivity index (χ1) is 14.4. The molecule has 2 aromatic rings. The number of halogens is 5. The van der Waals surface area contributed by atoms with Gasteiger partial charge in [-0.3, -0.25) is 0 Å². The number of aliphatic hydroxyl groups is 2. The molecule has 0 bridgehead atoms. The lowest BCUT2D eigenvalue weighted by Crippen LogP contribution is -2.46. The van der Waals surface area contributed by atoms with Crippen molar-refractivity contribution in [2.45, 2.75) is 47.6 Å². The van der Waals surface area contributed by atoms with Crippen LogP contribution in [0.15, 0.2) is 47.4 Å². The maximum atomic E-state index is 14.8. The summed E-state index contributed by atoms with van der Waals surface area (Å²) in [6.07, 6.45) is -6.25. The zero-order chi connectivity index (χ0) is 23.0. The molecule has 3 atom stereocenters. The first-order valence-corrected chi connectivity index (χ1v) is 11.1. The Kier molecular flexibility index (Phi) is 11.9. The molecule has 1 fully saturated rings. The molecule has 0 saturated heterocycles. The molecule has 2 aromatic carbocycles. The van der Waals surface area contributed by atoms with Crippen molar-refractivity contribution in [2.75, 3.05) is 6.61 Å². The van der Waals surface area contributed by atoms with Gasteiger partial charge < -0.3 is 10.2 Å². The largest absolute Gasteiger partial charge is 0.416 e. The van der Waals surface area contributed by atoms with Gasteiger partial charge in [-0.05, 0) is 74.1 Å². The molecule has 0 spiro atoms. The van der Waals surface area contributed by atoms with Gasteiger partial charge >= 0.3 is 6.18 Å². The van der Waals surface area contributed by atoms with Gasteiger partial charge in [0.2, 0.25) is 0 Å². The minimum atomic E-state index is -4.67. The van der Waals surface area contributed by atoms with Crippen molar-refractivity contribution in [3.63, 3.8) is 0 Å². The highest BCUT2D eigenvalue weighted by Gasteiger charge is 2.52. The molecule has 0 aromatic heterocycles. The van der Waals surface area contributed by atoms with E-state index in [0.717, 1.165) is 30.3 Å². The van der Waals surface area contributed by atoms with Crippen molar-refractivity contribution in [3.8, 4) is 0 Å². The molecular formula is C21H27F5O4S4. The minimum Gasteiger partial charge on any atom is -0.396 e. The smallest absolute Gasteiger partial charge is 0.396 e. The second kappa shape index (κ2) is 12.3. The van der Waals surface area contributed by atoms with E-state index < -0.39 is 60.4 Å². The molecule has 3 rings (SSSR count). The maximum absolute atomic E-state index is 14.8. The number of rotatable bonds is 5. The van der Waals surface area contributed by atoms with Gasteiger partial charge in [-0.1, -0.05) is 0 Å². The van der Waals surface area contributed by atoms with E-state index in [1.54, 1.807) is 0 Å². The Hall–Kier alpha value is -0.990. The van der Waals surface area contributed by atoms with Crippen LogP contribution in [0.2, 0.25) is 0 Å². The summed E-state index contributed by atoms with van der Waals surface area (Å²) in [5.41, 5.74) is -1.49. The van der Waals surface area contributed by atoms with E-state index in [1.807, 2.05) is 0 Å². The third-order valence-electron chi connectivity index (χ3n) is 5.91. The molecule has 0 aliphatic heterocycles. The fourth-order valence-corrected chi connectivity index (χ4v) is 6.48. The van der Waals surface area contributed by atoms with Crippen molar-refractivity contribution in [2.24, 2.45) is 5.92 Å². The monoisotopic (exact) mass is 566 g/mol. The lowest BCUT2D eigenvalue weighted by atomic mass is 9.74. The predicted molar refractivity (Wildman–Crippen MR) is 133 cm³/mol. The van der Waals surface area contributed by atoms with Crippen molar-refractivity contribution >= 4 is 50.3 Å². The molecule has 1 aliphatic rings. The lowest BCUT2D eigenvalue weighted by Gasteiger charge is -2.43. The Balaban J connectivity index is 0.00000363. The third-order valence-corrected chi connectivity index (χ3v) is 8.42. The zero-order valence-electron chi connectivity index (χ0n) is 17.7. The van der Waals surface area contributed by atoms with Crippen LogP contribution in [0.3, 0.4) is 0 Å². The quantitative estimate of drug-likeness (QED) is 0.522. The average Bonchev–Trinajstić information content (AvgIpc) is 2.71. The van der Waals surface area contributed by atoms with Crippen LogP contribution in [0, 0.1) is 17.6 Å². The molecule has 1 saturated carbocycles. The Morgan fingerprint density at radius 3 is 2.12 bits per heavy atom. The number of benzene rings is 2. The molecule has 13 heteroatoms. The Bertz CT molecular complexity index is 1050. The third kappa shape index (κ3) is 6.22. The van der Waals surface area contributed by atoms with Crippen molar-refractivity contribution in [3.05, 3.63) is 65.2 Å². The van der Waals surface area contributed by atoms with E-state index >= 15 is 0 Å². The van der Waals surface area contributed by atoms with Crippen LogP contribution >= 0.6 is 40.5 Å². The summed E-state index contributed by atoms with van der Waals surface area (Å²) >= 11 is 0. The summed E-state index contributed by atoms with van der Waals surface area (Å²) in [4.78, 5) is -0.469. The first-order valence-electron chi connectivity index (χ1n) is 9.59. The van der Waals surface area contributed by atoms with Crippen LogP contribution in [0.1, 0.15) is 36.8 Å². The van der Waals surface area contributed by atoms with E-state index in [9.17, 15) is 40.6 Å². The van der Waals surface area contributed by atoms with E-state index in [0.29, 0.717) is 12.1 Å². The molecule has 0 heterocycles. The van der Waals surface area contributed by atoms with E-state index in [4.69, 9.17) is 0 Å². The topological polar surface area (TPSA) is 74.6 Å². The van der Waals surface area contributed by atoms with Gasteiger partial charge in [0.05, 0.1) is 16.6 Å². The van der Waals surface area contributed by atoms with Crippen molar-refractivity contribution in [1.82, 2.24) is 0 Å². The van der Waals surface area contributed by atoms with Crippen LogP contribution in [0.5, 0.6) is 0 Å². The fraction of sp³-hybridized carbons (Fsp3) is 0.429. The molecule has 194 valence electrons. The predicted octanol–water partition coefficient (Wildman–Crippen LogP) is 4.53. The molecule has 0 radical (unpaired) electrons. The molecular weight excluding hydrogens is 539 g/mol. The highest BCUT2D eigenvalue weighted by molar-refractivity contribution is 7.92. The zero-order valence-corrected chi connectivity index (χ0v) is 21.6. The van der Waals surface area contributed by atoms with Gasteiger partial charge in [0.15, 0.2) is 9.84 Å². The van der Waals surface area contributed by atoms with E-state index in [2.05, 4.69) is 0 Å². The van der Waals surface area contributed by atoms with Crippen LogP contribution in [-0.2, 0) is 20.8 Å². The van der Waals surface area contributed by atoms with Crippen molar-refractivity contribution in [1.29, 1.82) is 0 Å². The SMILES string of the molecule is O=S(=O)(c1ccc(C(F)(F)F)cc1)[C@@]1(c2cc(F)ccc2F)CC[C@H](O)[C@@H](CCO)C1.S.S.S. The summed E-state index contributed by atoms with van der Waals surface area (Å²) in [6.45, 7) is -0.357. The number of hydrogen-bond acceptors (Lipinski definition) is 4. The molecule has 1 aliphatic carbocycles. The number of aliphatic hydroxyl groups excluding tert-OH is 2. The molecule has 0 unspecified atom stereocenters. The summed E-state index contributed by atoms with van der Waals surface area (Å²) in [6, 6.07) is 5.22.